The van der Waals surface area contributed by atoms with E-state index in [4.69, 9.17) is 5.84 Å². The Balaban J connectivity index is 2.18. The fourth-order valence-corrected chi connectivity index (χ4v) is 1.99. The van der Waals surface area contributed by atoms with Crippen molar-refractivity contribution in [1.82, 2.24) is 0 Å². The van der Waals surface area contributed by atoms with Crippen molar-refractivity contribution >= 4 is 33.2 Å². The lowest BCUT2D eigenvalue weighted by Gasteiger charge is -2.09. The highest BCUT2D eigenvalue weighted by atomic mass is 79.9. The highest BCUT2D eigenvalue weighted by molar-refractivity contribution is 9.10. The Morgan fingerprint density at radius 3 is 2.47 bits per heavy atom. The lowest BCUT2D eigenvalue weighted by Crippen LogP contribution is -2.13. The molecular formula is C14H14BrN3O. The lowest BCUT2D eigenvalue weighted by molar-refractivity contribution is 0.102. The molecule has 2 aromatic rings. The molecule has 0 atom stereocenters. The van der Waals surface area contributed by atoms with E-state index in [1.165, 1.54) is 0 Å². The molecule has 4 nitrogen and oxygen atoms in total. The maximum atomic E-state index is 12.1. The number of hydrazine groups is 1. The predicted molar refractivity (Wildman–Crippen MR) is 81.1 cm³/mol. The van der Waals surface area contributed by atoms with Gasteiger partial charge in [-0.1, -0.05) is 6.07 Å². The van der Waals surface area contributed by atoms with E-state index in [9.17, 15) is 4.79 Å². The summed E-state index contributed by atoms with van der Waals surface area (Å²) in [4.78, 5) is 12.1. The van der Waals surface area contributed by atoms with E-state index in [1.807, 2.05) is 25.1 Å². The molecular weight excluding hydrogens is 306 g/mol. The van der Waals surface area contributed by atoms with Crippen molar-refractivity contribution in [3.05, 3.63) is 58.1 Å². The fourth-order valence-electron chi connectivity index (χ4n) is 1.65. The first-order valence-electron chi connectivity index (χ1n) is 5.74. The Kier molecular flexibility index (Phi) is 4.19. The fraction of sp³-hybridized carbons (Fsp3) is 0.0714. The second-order valence-corrected chi connectivity index (χ2v) is 5.01. The van der Waals surface area contributed by atoms with Crippen LogP contribution in [-0.2, 0) is 0 Å². The van der Waals surface area contributed by atoms with E-state index >= 15 is 0 Å². The molecule has 2 rings (SSSR count). The standard InChI is InChI=1S/C14H14BrN3O/c1-9-2-7-12(15)13(8-9)17-14(19)10-3-5-11(18-16)6-4-10/h2-8,18H,16H2,1H3,(H,17,19). The van der Waals surface area contributed by atoms with Crippen LogP contribution in [0.5, 0.6) is 0 Å². The van der Waals surface area contributed by atoms with Crippen LogP contribution in [0.2, 0.25) is 0 Å². The van der Waals surface area contributed by atoms with Crippen LogP contribution >= 0.6 is 15.9 Å². The Morgan fingerprint density at radius 1 is 1.16 bits per heavy atom. The van der Waals surface area contributed by atoms with Crippen LogP contribution in [0.15, 0.2) is 46.9 Å². The van der Waals surface area contributed by atoms with Gasteiger partial charge < -0.3 is 10.7 Å². The second kappa shape index (κ2) is 5.86. The van der Waals surface area contributed by atoms with Crippen LogP contribution in [0.3, 0.4) is 0 Å². The maximum Gasteiger partial charge on any atom is 0.255 e. The predicted octanol–water partition coefficient (Wildman–Crippen LogP) is 3.30. The first-order chi connectivity index (χ1) is 9.10. The van der Waals surface area contributed by atoms with Crippen molar-refractivity contribution in [1.29, 1.82) is 0 Å². The third-order valence-electron chi connectivity index (χ3n) is 2.68. The molecule has 0 aliphatic carbocycles. The molecule has 2 aromatic carbocycles. The Morgan fingerprint density at radius 2 is 1.84 bits per heavy atom. The number of nitrogens with one attached hydrogen (secondary N) is 2. The zero-order valence-electron chi connectivity index (χ0n) is 10.4. The molecule has 5 heteroatoms. The van der Waals surface area contributed by atoms with Crippen molar-refractivity contribution in [2.24, 2.45) is 5.84 Å². The van der Waals surface area contributed by atoms with Crippen LogP contribution in [0.1, 0.15) is 15.9 Å². The molecule has 0 saturated carbocycles. The van der Waals surface area contributed by atoms with Gasteiger partial charge in [0.15, 0.2) is 0 Å². The number of nitrogens with two attached hydrogens (primary N) is 1. The van der Waals surface area contributed by atoms with Crippen molar-refractivity contribution in [3.63, 3.8) is 0 Å². The Bertz CT molecular complexity index is 596. The molecule has 0 aliphatic heterocycles. The summed E-state index contributed by atoms with van der Waals surface area (Å²) in [6.45, 7) is 1.98. The van der Waals surface area contributed by atoms with Crippen LogP contribution in [-0.4, -0.2) is 5.91 Å². The lowest BCUT2D eigenvalue weighted by atomic mass is 10.1. The number of nitrogen functional groups attached to an aromatic ring is 1. The van der Waals surface area contributed by atoms with Gasteiger partial charge in [0.2, 0.25) is 0 Å². The van der Waals surface area contributed by atoms with Crippen molar-refractivity contribution < 1.29 is 4.79 Å². The van der Waals surface area contributed by atoms with Gasteiger partial charge in [-0.15, -0.1) is 0 Å². The SMILES string of the molecule is Cc1ccc(Br)c(NC(=O)c2ccc(NN)cc2)c1. The number of carbonyl (C=O) groups excluding carboxylic acids is 1. The average molecular weight is 320 g/mol. The van der Waals surface area contributed by atoms with E-state index in [1.54, 1.807) is 24.3 Å². The number of anilines is 2. The second-order valence-electron chi connectivity index (χ2n) is 4.16. The van der Waals surface area contributed by atoms with Gasteiger partial charge in [0.05, 0.1) is 5.69 Å². The van der Waals surface area contributed by atoms with E-state index in [2.05, 4.69) is 26.7 Å². The molecule has 1 amide bonds. The number of hydrogen-bond donors (Lipinski definition) is 3. The Hall–Kier alpha value is -1.85. The highest BCUT2D eigenvalue weighted by Crippen LogP contribution is 2.24. The molecule has 0 aromatic heterocycles. The average Bonchev–Trinajstić information content (AvgIpc) is 2.43. The topological polar surface area (TPSA) is 67.2 Å². The van der Waals surface area contributed by atoms with Gasteiger partial charge in [-0.05, 0) is 64.8 Å². The van der Waals surface area contributed by atoms with E-state index in [0.29, 0.717) is 5.56 Å². The number of aryl methyl sites for hydroxylation is 1. The minimum atomic E-state index is -0.158. The molecule has 0 spiro atoms. The van der Waals surface area contributed by atoms with E-state index < -0.39 is 0 Å². The summed E-state index contributed by atoms with van der Waals surface area (Å²) in [6, 6.07) is 12.7. The maximum absolute atomic E-state index is 12.1. The molecule has 0 radical (unpaired) electrons. The molecule has 0 saturated heterocycles. The zero-order valence-corrected chi connectivity index (χ0v) is 12.0. The van der Waals surface area contributed by atoms with Crippen LogP contribution in [0.4, 0.5) is 11.4 Å². The summed E-state index contributed by atoms with van der Waals surface area (Å²) < 4.78 is 0.853. The van der Waals surface area contributed by atoms with Crippen LogP contribution in [0.25, 0.3) is 0 Å². The van der Waals surface area contributed by atoms with Crippen molar-refractivity contribution in [3.8, 4) is 0 Å². The molecule has 19 heavy (non-hydrogen) atoms. The summed E-state index contributed by atoms with van der Waals surface area (Å²) in [5.41, 5.74) is 5.69. The summed E-state index contributed by atoms with van der Waals surface area (Å²) in [7, 11) is 0. The highest BCUT2D eigenvalue weighted by Gasteiger charge is 2.08. The van der Waals surface area contributed by atoms with Gasteiger partial charge in [0, 0.05) is 15.7 Å². The number of amides is 1. The monoisotopic (exact) mass is 319 g/mol. The van der Waals surface area contributed by atoms with Gasteiger partial charge in [-0.3, -0.25) is 10.6 Å². The smallest absolute Gasteiger partial charge is 0.255 e. The third-order valence-corrected chi connectivity index (χ3v) is 3.38. The zero-order chi connectivity index (χ0) is 13.8. The molecule has 0 heterocycles. The van der Waals surface area contributed by atoms with Gasteiger partial charge in [-0.25, -0.2) is 0 Å². The largest absolute Gasteiger partial charge is 0.324 e. The number of rotatable bonds is 3. The number of benzene rings is 2. The molecule has 0 unspecified atom stereocenters. The van der Waals surface area contributed by atoms with Gasteiger partial charge in [-0.2, -0.15) is 0 Å². The molecule has 0 bridgehead atoms. The number of carbonyl (C=O) groups is 1. The quantitative estimate of drug-likeness (QED) is 0.600. The van der Waals surface area contributed by atoms with E-state index in [-0.39, 0.29) is 5.91 Å². The first-order valence-corrected chi connectivity index (χ1v) is 6.53. The number of halogens is 1. The third kappa shape index (κ3) is 3.33. The van der Waals surface area contributed by atoms with Crippen molar-refractivity contribution in [2.75, 3.05) is 10.7 Å². The summed E-state index contributed by atoms with van der Waals surface area (Å²) in [5.74, 6) is 5.12. The normalized spacial score (nSPS) is 10.1. The Labute approximate surface area is 120 Å². The molecule has 0 aliphatic rings. The number of hydrogen-bond acceptors (Lipinski definition) is 3. The molecule has 98 valence electrons. The summed E-state index contributed by atoms with van der Waals surface area (Å²) in [6.07, 6.45) is 0. The van der Waals surface area contributed by atoms with E-state index in [0.717, 1.165) is 21.4 Å². The van der Waals surface area contributed by atoms with Gasteiger partial charge >= 0.3 is 0 Å². The van der Waals surface area contributed by atoms with Crippen LogP contribution < -0.4 is 16.6 Å². The minimum Gasteiger partial charge on any atom is -0.324 e. The summed E-state index contributed by atoms with van der Waals surface area (Å²) in [5, 5.41) is 2.87. The molecule has 4 N–H and O–H groups in total. The summed E-state index contributed by atoms with van der Waals surface area (Å²) >= 11 is 3.41. The van der Waals surface area contributed by atoms with Crippen molar-refractivity contribution in [2.45, 2.75) is 6.92 Å². The van der Waals surface area contributed by atoms with Gasteiger partial charge in [0.25, 0.3) is 5.91 Å². The van der Waals surface area contributed by atoms with Crippen LogP contribution in [0, 0.1) is 6.92 Å². The first kappa shape index (κ1) is 13.6. The van der Waals surface area contributed by atoms with Gasteiger partial charge in [0.1, 0.15) is 0 Å². The molecule has 0 fully saturated rings. The minimum absolute atomic E-state index is 0.158.